The van der Waals surface area contributed by atoms with E-state index in [9.17, 15) is 8.42 Å². The normalized spacial score (nSPS) is 12.4. The molecule has 9 heavy (non-hydrogen) atoms. The average Bonchev–Trinajstić information content (AvgIpc) is 1.86. The van der Waals surface area contributed by atoms with Crippen LogP contribution in [0.1, 0.15) is 6.92 Å². The second-order valence-electron chi connectivity index (χ2n) is 1.64. The molecule has 0 N–H and O–H groups in total. The van der Waals surface area contributed by atoms with Gasteiger partial charge in [-0.1, -0.05) is 6.92 Å². The molecule has 0 amide bonds. The Bertz CT molecular complexity index is 165. The first-order valence-corrected chi connectivity index (χ1v) is 4.69. The summed E-state index contributed by atoms with van der Waals surface area (Å²) in [5.41, 5.74) is 0. The van der Waals surface area contributed by atoms with Crippen molar-refractivity contribution in [3.63, 3.8) is 0 Å². The number of hydrogen-bond acceptors (Lipinski definition) is 2. The van der Waals surface area contributed by atoms with Gasteiger partial charge in [-0.2, -0.15) is 0 Å². The average molecular weight is 172 g/mol. The van der Waals surface area contributed by atoms with Crippen molar-refractivity contribution in [2.45, 2.75) is 6.92 Å². The second-order valence-corrected chi connectivity index (χ2v) is 4.30. The highest BCUT2D eigenvalue weighted by Crippen LogP contribution is 1.98. The van der Waals surface area contributed by atoms with Gasteiger partial charge in [-0.05, 0) is 0 Å². The molecular formula is C4H10ClNO2S. The molecule has 56 valence electrons. The van der Waals surface area contributed by atoms with E-state index in [4.69, 9.17) is 11.6 Å². The van der Waals surface area contributed by atoms with Crippen molar-refractivity contribution in [1.82, 2.24) is 4.31 Å². The van der Waals surface area contributed by atoms with Gasteiger partial charge in [-0.25, -0.2) is 12.7 Å². The molecule has 0 aliphatic carbocycles. The van der Waals surface area contributed by atoms with Gasteiger partial charge < -0.3 is 0 Å². The van der Waals surface area contributed by atoms with Gasteiger partial charge in [0.2, 0.25) is 10.0 Å². The first kappa shape index (κ1) is 9.20. The third-order valence-electron chi connectivity index (χ3n) is 1.06. The third kappa shape index (κ3) is 2.51. The molecular weight excluding hydrogens is 162 g/mol. The van der Waals surface area contributed by atoms with E-state index in [2.05, 4.69) is 0 Å². The van der Waals surface area contributed by atoms with E-state index >= 15 is 0 Å². The molecule has 0 aliphatic rings. The van der Waals surface area contributed by atoms with Crippen molar-refractivity contribution < 1.29 is 8.42 Å². The number of hydrogen-bond donors (Lipinski definition) is 0. The molecule has 0 saturated heterocycles. The zero-order chi connectivity index (χ0) is 7.49. The second kappa shape index (κ2) is 3.39. The van der Waals surface area contributed by atoms with Crippen LogP contribution in [-0.4, -0.2) is 31.5 Å². The van der Waals surface area contributed by atoms with Crippen LogP contribution in [0.25, 0.3) is 0 Å². The van der Waals surface area contributed by atoms with Crippen LogP contribution in [0.15, 0.2) is 0 Å². The Morgan fingerprint density at radius 1 is 1.56 bits per heavy atom. The highest BCUT2D eigenvalue weighted by molar-refractivity contribution is 7.90. The van der Waals surface area contributed by atoms with Crippen molar-refractivity contribution in [3.8, 4) is 0 Å². The fourth-order valence-electron chi connectivity index (χ4n) is 0.280. The van der Waals surface area contributed by atoms with E-state index in [1.54, 1.807) is 6.92 Å². The maximum atomic E-state index is 10.7. The van der Waals surface area contributed by atoms with Crippen LogP contribution in [0.4, 0.5) is 0 Å². The van der Waals surface area contributed by atoms with E-state index in [-0.39, 0.29) is 5.21 Å². The molecule has 0 heterocycles. The number of nitrogens with zero attached hydrogens (tertiary/aromatic N) is 1. The number of sulfonamides is 1. The highest BCUT2D eigenvalue weighted by Gasteiger charge is 2.12. The van der Waals surface area contributed by atoms with Crippen molar-refractivity contribution in [2.75, 3.05) is 18.8 Å². The van der Waals surface area contributed by atoms with Gasteiger partial charge in [0.1, 0.15) is 5.21 Å². The number of alkyl halides is 1. The lowest BCUT2D eigenvalue weighted by Crippen LogP contribution is -2.27. The molecule has 0 unspecified atom stereocenters. The van der Waals surface area contributed by atoms with Crippen LogP contribution in [0.2, 0.25) is 0 Å². The highest BCUT2D eigenvalue weighted by atomic mass is 35.5. The molecule has 0 atom stereocenters. The van der Waals surface area contributed by atoms with E-state index in [1.807, 2.05) is 0 Å². The summed E-state index contributed by atoms with van der Waals surface area (Å²) < 4.78 is 22.7. The summed E-state index contributed by atoms with van der Waals surface area (Å²) in [6, 6.07) is 0. The Kier molecular flexibility index (Phi) is 3.46. The summed E-state index contributed by atoms with van der Waals surface area (Å²) in [6.45, 7) is 2.22. The molecule has 5 heteroatoms. The fourth-order valence-corrected chi connectivity index (χ4v) is 1.34. The SMILES string of the molecule is CCN(C)S(=O)(=O)CCl. The van der Waals surface area contributed by atoms with Crippen LogP contribution in [-0.2, 0) is 10.0 Å². The Morgan fingerprint density at radius 3 is 2.11 bits per heavy atom. The summed E-state index contributed by atoms with van der Waals surface area (Å²) in [4.78, 5) is 0. The quantitative estimate of drug-likeness (QED) is 0.579. The van der Waals surface area contributed by atoms with E-state index in [0.29, 0.717) is 6.54 Å². The third-order valence-corrected chi connectivity index (χ3v) is 3.37. The molecule has 0 aromatic rings. The minimum Gasteiger partial charge on any atom is -0.211 e. The Morgan fingerprint density at radius 2 is 2.00 bits per heavy atom. The molecule has 0 fully saturated rings. The van der Waals surface area contributed by atoms with Crippen LogP contribution in [0.3, 0.4) is 0 Å². The largest absolute Gasteiger partial charge is 0.227 e. The number of rotatable bonds is 3. The maximum absolute atomic E-state index is 10.7. The molecule has 0 bridgehead atoms. The van der Waals surface area contributed by atoms with Crippen molar-refractivity contribution >= 4 is 21.6 Å². The molecule has 0 radical (unpaired) electrons. The summed E-state index contributed by atoms with van der Waals surface area (Å²) >= 11 is 5.14. The summed E-state index contributed by atoms with van der Waals surface area (Å²) in [6.07, 6.45) is 0. The Hall–Kier alpha value is 0.200. The predicted molar refractivity (Wildman–Crippen MR) is 37.9 cm³/mol. The molecule has 3 nitrogen and oxygen atoms in total. The smallest absolute Gasteiger partial charge is 0.211 e. The first-order chi connectivity index (χ1) is 4.04. The molecule has 0 rings (SSSR count). The van der Waals surface area contributed by atoms with Crippen LogP contribution < -0.4 is 0 Å². The van der Waals surface area contributed by atoms with E-state index in [0.717, 1.165) is 0 Å². The van der Waals surface area contributed by atoms with E-state index < -0.39 is 10.0 Å². The van der Waals surface area contributed by atoms with Crippen molar-refractivity contribution in [3.05, 3.63) is 0 Å². The van der Waals surface area contributed by atoms with Crippen molar-refractivity contribution in [1.29, 1.82) is 0 Å². The van der Waals surface area contributed by atoms with Gasteiger partial charge in [0.25, 0.3) is 0 Å². The lowest BCUT2D eigenvalue weighted by Gasteiger charge is -2.10. The summed E-state index contributed by atoms with van der Waals surface area (Å²) in [7, 11) is -1.65. The van der Waals surface area contributed by atoms with Gasteiger partial charge >= 0.3 is 0 Å². The Labute approximate surface area is 60.7 Å². The van der Waals surface area contributed by atoms with Crippen LogP contribution >= 0.6 is 11.6 Å². The Balaban J connectivity index is 4.17. The minimum absolute atomic E-state index is 0.336. The first-order valence-electron chi connectivity index (χ1n) is 2.54. The lowest BCUT2D eigenvalue weighted by molar-refractivity contribution is 0.491. The zero-order valence-electron chi connectivity index (χ0n) is 5.46. The monoisotopic (exact) mass is 171 g/mol. The molecule has 0 spiro atoms. The lowest BCUT2D eigenvalue weighted by atomic mass is 10.8. The predicted octanol–water partition coefficient (Wildman–Crippen LogP) is 0.464. The molecule has 0 aromatic heterocycles. The maximum Gasteiger partial charge on any atom is 0.227 e. The van der Waals surface area contributed by atoms with Gasteiger partial charge in [-0.15, -0.1) is 11.6 Å². The molecule has 0 aromatic carbocycles. The van der Waals surface area contributed by atoms with Gasteiger partial charge in [0.05, 0.1) is 0 Å². The topological polar surface area (TPSA) is 37.4 Å². The van der Waals surface area contributed by atoms with Gasteiger partial charge in [0, 0.05) is 13.6 Å². The van der Waals surface area contributed by atoms with Crippen molar-refractivity contribution in [2.24, 2.45) is 0 Å². The molecule has 0 saturated carbocycles. The molecule has 0 aliphatic heterocycles. The van der Waals surface area contributed by atoms with Crippen LogP contribution in [0.5, 0.6) is 0 Å². The number of halogens is 1. The fraction of sp³-hybridized carbons (Fsp3) is 1.00. The summed E-state index contributed by atoms with van der Waals surface area (Å²) in [5.74, 6) is 0. The standard InChI is InChI=1S/C4H10ClNO2S/c1-3-6(2)9(7,8)4-5/h3-4H2,1-2H3. The minimum atomic E-state index is -3.15. The van der Waals surface area contributed by atoms with Crippen LogP contribution in [0, 0.1) is 0 Å². The van der Waals surface area contributed by atoms with E-state index in [1.165, 1.54) is 11.4 Å². The van der Waals surface area contributed by atoms with Gasteiger partial charge in [0.15, 0.2) is 0 Å². The van der Waals surface area contributed by atoms with Gasteiger partial charge in [-0.3, -0.25) is 0 Å². The summed E-state index contributed by atoms with van der Waals surface area (Å²) in [5, 5.41) is -0.336. The zero-order valence-corrected chi connectivity index (χ0v) is 7.04.